The number of para-hydroxylation sites is 1. The number of fused-ring (bicyclic) bond motifs is 1. The predicted octanol–water partition coefficient (Wildman–Crippen LogP) is 3.94. The maximum absolute atomic E-state index is 12.8. The first-order chi connectivity index (χ1) is 10.3. The van der Waals surface area contributed by atoms with Crippen LogP contribution in [0.1, 0.15) is 18.1 Å². The highest BCUT2D eigenvalue weighted by Crippen LogP contribution is 2.30. The smallest absolute Gasteiger partial charge is 0.166 e. The van der Waals surface area contributed by atoms with Crippen molar-refractivity contribution < 1.29 is 4.79 Å². The number of benzene rings is 2. The fraction of sp³-hybridized carbons (Fsp3) is 0.211. The Morgan fingerprint density at radius 1 is 1.10 bits per heavy atom. The highest BCUT2D eigenvalue weighted by molar-refractivity contribution is 6.23. The summed E-state index contributed by atoms with van der Waals surface area (Å²) in [6, 6.07) is 18.2. The quantitative estimate of drug-likeness (QED) is 0.917. The van der Waals surface area contributed by atoms with Crippen molar-refractivity contribution in [1.82, 2.24) is 0 Å². The molecule has 0 radical (unpaired) electrons. The Kier molecular flexibility index (Phi) is 3.87. The van der Waals surface area contributed by atoms with Crippen molar-refractivity contribution in [2.75, 3.05) is 11.9 Å². The van der Waals surface area contributed by atoms with E-state index in [1.807, 2.05) is 55.5 Å². The van der Waals surface area contributed by atoms with Crippen LogP contribution >= 0.6 is 0 Å². The van der Waals surface area contributed by atoms with E-state index in [2.05, 4.69) is 17.4 Å². The van der Waals surface area contributed by atoms with Crippen LogP contribution < -0.4 is 5.32 Å². The third-order valence-electron chi connectivity index (χ3n) is 3.91. The molecule has 0 aromatic heterocycles. The first kappa shape index (κ1) is 13.6. The average Bonchev–Trinajstić information content (AvgIpc) is 2.54. The second-order valence-corrected chi connectivity index (χ2v) is 5.50. The molecule has 1 aliphatic rings. The number of nitrogens with one attached hydrogen (secondary N) is 1. The molecule has 1 aliphatic heterocycles. The van der Waals surface area contributed by atoms with Gasteiger partial charge in [-0.25, -0.2) is 0 Å². The summed E-state index contributed by atoms with van der Waals surface area (Å²) in [5, 5.41) is 3.31. The van der Waals surface area contributed by atoms with Gasteiger partial charge in [0.15, 0.2) is 5.78 Å². The van der Waals surface area contributed by atoms with Crippen LogP contribution in [0.4, 0.5) is 5.69 Å². The van der Waals surface area contributed by atoms with Crippen LogP contribution in [0, 0.1) is 5.92 Å². The van der Waals surface area contributed by atoms with Crippen molar-refractivity contribution in [2.45, 2.75) is 13.3 Å². The van der Waals surface area contributed by atoms with Gasteiger partial charge in [-0.3, -0.25) is 4.79 Å². The zero-order valence-electron chi connectivity index (χ0n) is 12.2. The van der Waals surface area contributed by atoms with Gasteiger partial charge in [0.2, 0.25) is 0 Å². The topological polar surface area (TPSA) is 29.1 Å². The Labute approximate surface area is 125 Å². The number of rotatable bonds is 4. The van der Waals surface area contributed by atoms with Gasteiger partial charge in [0.05, 0.1) is 0 Å². The van der Waals surface area contributed by atoms with Gasteiger partial charge >= 0.3 is 0 Å². The molecule has 106 valence electrons. The van der Waals surface area contributed by atoms with E-state index in [0.29, 0.717) is 0 Å². The number of anilines is 1. The Balaban J connectivity index is 1.81. The molecule has 0 saturated carbocycles. The molecule has 0 unspecified atom stereocenters. The summed E-state index contributed by atoms with van der Waals surface area (Å²) in [5.41, 5.74) is 4.14. The molecule has 0 saturated heterocycles. The minimum Gasteiger partial charge on any atom is -0.381 e. The van der Waals surface area contributed by atoms with E-state index >= 15 is 0 Å². The van der Waals surface area contributed by atoms with E-state index in [-0.39, 0.29) is 11.7 Å². The molecule has 2 aromatic carbocycles. The van der Waals surface area contributed by atoms with Gasteiger partial charge < -0.3 is 5.32 Å². The van der Waals surface area contributed by atoms with Crippen LogP contribution in [0.15, 0.2) is 60.7 Å². The first-order valence-corrected chi connectivity index (χ1v) is 7.37. The molecule has 2 aromatic rings. The highest BCUT2D eigenvalue weighted by atomic mass is 16.1. The average molecular weight is 277 g/mol. The van der Waals surface area contributed by atoms with Crippen LogP contribution in [-0.4, -0.2) is 12.3 Å². The molecular weight excluding hydrogens is 258 g/mol. The highest BCUT2D eigenvalue weighted by Gasteiger charge is 2.22. The number of hydrogen-bond donors (Lipinski definition) is 1. The van der Waals surface area contributed by atoms with Crippen molar-refractivity contribution in [1.29, 1.82) is 0 Å². The Morgan fingerprint density at radius 3 is 2.62 bits per heavy atom. The molecule has 0 aliphatic carbocycles. The number of Topliss-reactive ketones (excluding diaryl/α,β-unsaturated/α-hetero) is 1. The van der Waals surface area contributed by atoms with Crippen molar-refractivity contribution >= 4 is 17.0 Å². The lowest BCUT2D eigenvalue weighted by atomic mass is 9.87. The first-order valence-electron chi connectivity index (χ1n) is 7.37. The van der Waals surface area contributed by atoms with Gasteiger partial charge in [0, 0.05) is 29.3 Å². The number of allylic oxidation sites excluding steroid dienone is 1. The number of carbonyl (C=O) groups is 1. The number of hydrogen-bond acceptors (Lipinski definition) is 2. The summed E-state index contributed by atoms with van der Waals surface area (Å²) < 4.78 is 0. The zero-order chi connectivity index (χ0) is 14.7. The minimum atomic E-state index is -0.00944. The lowest BCUT2D eigenvalue weighted by Gasteiger charge is -2.21. The molecule has 0 spiro atoms. The van der Waals surface area contributed by atoms with Crippen LogP contribution in [0.25, 0.3) is 5.57 Å². The fourth-order valence-corrected chi connectivity index (χ4v) is 2.80. The Hall–Kier alpha value is -2.35. The third-order valence-corrected chi connectivity index (χ3v) is 3.91. The molecule has 3 rings (SSSR count). The van der Waals surface area contributed by atoms with Crippen molar-refractivity contribution in [3.8, 4) is 0 Å². The maximum Gasteiger partial charge on any atom is 0.166 e. The molecule has 21 heavy (non-hydrogen) atoms. The minimum absolute atomic E-state index is 0.00944. The van der Waals surface area contributed by atoms with Gasteiger partial charge in [0.25, 0.3) is 0 Å². The zero-order valence-corrected chi connectivity index (χ0v) is 12.2. The Morgan fingerprint density at radius 2 is 1.81 bits per heavy atom. The molecule has 1 N–H and O–H groups in total. The monoisotopic (exact) mass is 277 g/mol. The summed E-state index contributed by atoms with van der Waals surface area (Å²) in [4.78, 5) is 12.8. The van der Waals surface area contributed by atoms with Gasteiger partial charge in [-0.15, -0.1) is 0 Å². The van der Waals surface area contributed by atoms with Crippen molar-refractivity contribution in [3.63, 3.8) is 0 Å². The predicted molar refractivity (Wildman–Crippen MR) is 87.2 cm³/mol. The maximum atomic E-state index is 12.8. The van der Waals surface area contributed by atoms with Crippen LogP contribution in [-0.2, 0) is 11.2 Å². The lowest BCUT2D eigenvalue weighted by Crippen LogP contribution is -2.19. The van der Waals surface area contributed by atoms with E-state index < -0.39 is 0 Å². The second-order valence-electron chi connectivity index (χ2n) is 5.50. The third kappa shape index (κ3) is 2.89. The van der Waals surface area contributed by atoms with Gasteiger partial charge in [-0.2, -0.15) is 0 Å². The van der Waals surface area contributed by atoms with E-state index in [1.165, 1.54) is 5.56 Å². The van der Waals surface area contributed by atoms with Gasteiger partial charge in [-0.1, -0.05) is 61.5 Å². The van der Waals surface area contributed by atoms with Crippen molar-refractivity contribution in [3.05, 3.63) is 71.8 Å². The normalized spacial score (nSPS) is 14.6. The van der Waals surface area contributed by atoms with Crippen LogP contribution in [0.3, 0.4) is 0 Å². The van der Waals surface area contributed by atoms with E-state index in [1.54, 1.807) is 0 Å². The van der Waals surface area contributed by atoms with E-state index in [4.69, 9.17) is 0 Å². The summed E-state index contributed by atoms with van der Waals surface area (Å²) in [6.45, 7) is 2.73. The van der Waals surface area contributed by atoms with Gasteiger partial charge in [0.1, 0.15) is 0 Å². The van der Waals surface area contributed by atoms with Crippen LogP contribution in [0.5, 0.6) is 0 Å². The molecular formula is C19H19NO. The molecule has 2 heteroatoms. The van der Waals surface area contributed by atoms with Crippen molar-refractivity contribution in [2.24, 2.45) is 5.92 Å². The summed E-state index contributed by atoms with van der Waals surface area (Å²) >= 11 is 0. The van der Waals surface area contributed by atoms with E-state index in [0.717, 1.165) is 29.8 Å². The molecule has 2 nitrogen and oxygen atoms in total. The Bertz CT molecular complexity index is 673. The molecule has 0 bridgehead atoms. The van der Waals surface area contributed by atoms with E-state index in [9.17, 15) is 4.79 Å². The number of carbonyl (C=O) groups excluding carboxylic acids is 1. The molecule has 1 heterocycles. The summed E-state index contributed by atoms with van der Waals surface area (Å²) in [6.07, 6.45) is 2.79. The SMILES string of the molecule is C[C@@H](Cc1ccccc1)C(=O)C1=CCNc2ccccc21. The standard InChI is InChI=1S/C19H19NO/c1-14(13-15-7-3-2-4-8-15)19(21)17-11-12-20-18-10-6-5-9-16(17)18/h2-11,14,20H,12-13H2,1H3/t14-/m0/s1. The molecule has 1 atom stereocenters. The lowest BCUT2D eigenvalue weighted by molar-refractivity contribution is -0.116. The fourth-order valence-electron chi connectivity index (χ4n) is 2.80. The van der Waals surface area contributed by atoms with Crippen LogP contribution in [0.2, 0.25) is 0 Å². The largest absolute Gasteiger partial charge is 0.381 e. The molecule has 0 amide bonds. The second kappa shape index (κ2) is 5.96. The summed E-state index contributed by atoms with van der Waals surface area (Å²) in [7, 11) is 0. The van der Waals surface area contributed by atoms with Gasteiger partial charge in [-0.05, 0) is 18.1 Å². The summed E-state index contributed by atoms with van der Waals surface area (Å²) in [5.74, 6) is 0.220. The number of ketones is 1. The molecule has 0 fully saturated rings.